The summed E-state index contributed by atoms with van der Waals surface area (Å²) in [7, 11) is 1.58. The molecule has 1 aliphatic heterocycles. The maximum atomic E-state index is 11.3. The first-order valence-corrected chi connectivity index (χ1v) is 4.18. The van der Waals surface area contributed by atoms with Gasteiger partial charge in [-0.25, -0.2) is 0 Å². The van der Waals surface area contributed by atoms with Gasteiger partial charge in [-0.15, -0.1) is 0 Å². The Labute approximate surface area is 76.9 Å². The van der Waals surface area contributed by atoms with Gasteiger partial charge in [0, 0.05) is 27.1 Å². The zero-order valence-electron chi connectivity index (χ0n) is 7.86. The molecule has 1 aliphatic rings. The Bertz CT molecular complexity index is 223. The summed E-state index contributed by atoms with van der Waals surface area (Å²) in [4.78, 5) is 25.0. The van der Waals surface area contributed by atoms with Crippen LogP contribution in [-0.4, -0.2) is 59.5 Å². The lowest BCUT2D eigenvalue weighted by molar-refractivity contribution is -0.145. The van der Waals surface area contributed by atoms with Gasteiger partial charge in [-0.1, -0.05) is 0 Å². The Kier molecular flexibility index (Phi) is 2.87. The van der Waals surface area contributed by atoms with E-state index in [1.165, 1.54) is 16.7 Å². The first-order valence-electron chi connectivity index (χ1n) is 4.18. The average molecular weight is 186 g/mol. The van der Waals surface area contributed by atoms with E-state index < -0.39 is 0 Å². The van der Waals surface area contributed by atoms with Crippen molar-refractivity contribution in [3.8, 4) is 0 Å². The van der Waals surface area contributed by atoms with Crippen molar-refractivity contribution < 1.29 is 14.7 Å². The summed E-state index contributed by atoms with van der Waals surface area (Å²) in [6.07, 6.45) is -0.383. The number of aliphatic hydroxyl groups is 1. The molecule has 74 valence electrons. The van der Waals surface area contributed by atoms with Crippen molar-refractivity contribution in [2.75, 3.05) is 26.7 Å². The molecular formula is C8H14N2O3. The molecule has 1 fully saturated rings. The molecule has 1 N–H and O–H groups in total. The van der Waals surface area contributed by atoms with Crippen molar-refractivity contribution in [1.29, 1.82) is 0 Å². The quantitative estimate of drug-likeness (QED) is 0.581. The van der Waals surface area contributed by atoms with E-state index in [9.17, 15) is 9.59 Å². The van der Waals surface area contributed by atoms with Crippen LogP contribution >= 0.6 is 0 Å². The van der Waals surface area contributed by atoms with Crippen LogP contribution in [0.3, 0.4) is 0 Å². The van der Waals surface area contributed by atoms with Crippen LogP contribution < -0.4 is 0 Å². The predicted molar refractivity (Wildman–Crippen MR) is 45.9 cm³/mol. The number of β-amino-alcohol motifs (C(OH)–C–C–N with tert-alkyl or cyclic N) is 1. The summed E-state index contributed by atoms with van der Waals surface area (Å²) < 4.78 is 0. The number of likely N-dealkylation sites (N-methyl/N-ethyl adjacent to an activating group) is 1. The Hall–Kier alpha value is -1.10. The van der Waals surface area contributed by atoms with Gasteiger partial charge in [-0.05, 0) is 0 Å². The normalized spacial score (nSPS) is 16.7. The van der Waals surface area contributed by atoms with Crippen LogP contribution in [0.25, 0.3) is 0 Å². The fourth-order valence-corrected chi connectivity index (χ4v) is 1.07. The molecule has 0 aromatic carbocycles. The standard InChI is InChI=1S/C8H14N2O3/c1-6(11)9(2)5-8(13)10-3-7(12)4-10/h7,12H,3-5H2,1-2H3. The van der Waals surface area contributed by atoms with Crippen LogP contribution in [0.5, 0.6) is 0 Å². The predicted octanol–water partition coefficient (Wildman–Crippen LogP) is -1.33. The number of likely N-dealkylation sites (tertiary alicyclic amines) is 1. The molecule has 2 amide bonds. The summed E-state index contributed by atoms with van der Waals surface area (Å²) in [6, 6.07) is 0. The van der Waals surface area contributed by atoms with Crippen LogP contribution in [-0.2, 0) is 9.59 Å². The minimum absolute atomic E-state index is 0.0993. The summed E-state index contributed by atoms with van der Waals surface area (Å²) in [5, 5.41) is 8.94. The summed E-state index contributed by atoms with van der Waals surface area (Å²) in [5.41, 5.74) is 0. The monoisotopic (exact) mass is 186 g/mol. The molecule has 0 atom stereocenters. The molecular weight excluding hydrogens is 172 g/mol. The van der Waals surface area contributed by atoms with E-state index in [1.807, 2.05) is 0 Å². The molecule has 13 heavy (non-hydrogen) atoms. The SMILES string of the molecule is CC(=O)N(C)CC(=O)N1CC(O)C1. The summed E-state index contributed by atoms with van der Waals surface area (Å²) in [6.45, 7) is 2.30. The lowest BCUT2D eigenvalue weighted by atomic mass is 10.2. The highest BCUT2D eigenvalue weighted by Gasteiger charge is 2.29. The van der Waals surface area contributed by atoms with E-state index in [0.29, 0.717) is 13.1 Å². The van der Waals surface area contributed by atoms with Crippen molar-refractivity contribution in [2.24, 2.45) is 0 Å². The minimum atomic E-state index is -0.383. The molecule has 0 aliphatic carbocycles. The molecule has 0 bridgehead atoms. The summed E-state index contributed by atoms with van der Waals surface area (Å²) in [5.74, 6) is -0.238. The minimum Gasteiger partial charge on any atom is -0.389 e. The molecule has 1 saturated heterocycles. The number of aliphatic hydroxyl groups excluding tert-OH is 1. The van der Waals surface area contributed by atoms with Crippen LogP contribution in [0.1, 0.15) is 6.92 Å². The first kappa shape index (κ1) is 9.98. The third-order valence-corrected chi connectivity index (χ3v) is 2.12. The number of hydrogen-bond acceptors (Lipinski definition) is 3. The highest BCUT2D eigenvalue weighted by atomic mass is 16.3. The van der Waals surface area contributed by atoms with Crippen LogP contribution in [0.4, 0.5) is 0 Å². The van der Waals surface area contributed by atoms with Crippen molar-refractivity contribution in [1.82, 2.24) is 9.80 Å². The number of amides is 2. The molecule has 0 unspecified atom stereocenters. The van der Waals surface area contributed by atoms with Gasteiger partial charge in [0.05, 0.1) is 12.6 Å². The van der Waals surface area contributed by atoms with Gasteiger partial charge >= 0.3 is 0 Å². The molecule has 5 nitrogen and oxygen atoms in total. The van der Waals surface area contributed by atoms with E-state index in [2.05, 4.69) is 0 Å². The number of rotatable bonds is 2. The molecule has 5 heteroatoms. The molecule has 0 spiro atoms. The number of hydrogen-bond donors (Lipinski definition) is 1. The zero-order valence-corrected chi connectivity index (χ0v) is 7.86. The van der Waals surface area contributed by atoms with E-state index in [1.54, 1.807) is 7.05 Å². The van der Waals surface area contributed by atoms with Gasteiger partial charge in [-0.2, -0.15) is 0 Å². The first-order chi connectivity index (χ1) is 6.00. The van der Waals surface area contributed by atoms with Gasteiger partial charge in [-0.3, -0.25) is 9.59 Å². The molecule has 0 aromatic rings. The largest absolute Gasteiger partial charge is 0.389 e. The zero-order chi connectivity index (χ0) is 10.0. The van der Waals surface area contributed by atoms with E-state index in [-0.39, 0.29) is 24.5 Å². The van der Waals surface area contributed by atoms with Crippen molar-refractivity contribution in [3.63, 3.8) is 0 Å². The number of carbonyl (C=O) groups excluding carboxylic acids is 2. The molecule has 0 saturated carbocycles. The molecule has 0 aromatic heterocycles. The van der Waals surface area contributed by atoms with Gasteiger partial charge in [0.25, 0.3) is 0 Å². The molecule has 1 heterocycles. The smallest absolute Gasteiger partial charge is 0.242 e. The van der Waals surface area contributed by atoms with Crippen LogP contribution in [0.2, 0.25) is 0 Å². The Morgan fingerprint density at radius 3 is 2.46 bits per heavy atom. The number of nitrogens with zero attached hydrogens (tertiary/aromatic N) is 2. The highest BCUT2D eigenvalue weighted by molar-refractivity contribution is 5.84. The van der Waals surface area contributed by atoms with Crippen molar-refractivity contribution in [3.05, 3.63) is 0 Å². The average Bonchev–Trinajstić information content (AvgIpc) is 1.98. The van der Waals surface area contributed by atoms with Gasteiger partial charge < -0.3 is 14.9 Å². The highest BCUT2D eigenvalue weighted by Crippen LogP contribution is 2.07. The maximum absolute atomic E-state index is 11.3. The molecule has 0 radical (unpaired) electrons. The third kappa shape index (κ3) is 2.42. The van der Waals surface area contributed by atoms with Crippen molar-refractivity contribution >= 4 is 11.8 Å². The lowest BCUT2D eigenvalue weighted by Crippen LogP contribution is -2.55. The lowest BCUT2D eigenvalue weighted by Gasteiger charge is -2.36. The Morgan fingerprint density at radius 2 is 2.08 bits per heavy atom. The third-order valence-electron chi connectivity index (χ3n) is 2.12. The van der Waals surface area contributed by atoms with Gasteiger partial charge in [0.15, 0.2) is 0 Å². The Morgan fingerprint density at radius 1 is 1.54 bits per heavy atom. The van der Waals surface area contributed by atoms with E-state index in [4.69, 9.17) is 5.11 Å². The second-order valence-corrected chi connectivity index (χ2v) is 3.33. The van der Waals surface area contributed by atoms with Crippen LogP contribution in [0, 0.1) is 0 Å². The molecule has 1 rings (SSSR count). The number of carbonyl (C=O) groups is 2. The van der Waals surface area contributed by atoms with E-state index >= 15 is 0 Å². The fraction of sp³-hybridized carbons (Fsp3) is 0.750. The Balaban J connectivity index is 2.29. The van der Waals surface area contributed by atoms with Gasteiger partial charge in [0.2, 0.25) is 11.8 Å². The second kappa shape index (κ2) is 3.74. The fourth-order valence-electron chi connectivity index (χ4n) is 1.07. The topological polar surface area (TPSA) is 60.9 Å². The second-order valence-electron chi connectivity index (χ2n) is 3.33. The van der Waals surface area contributed by atoms with E-state index in [0.717, 1.165) is 0 Å². The van der Waals surface area contributed by atoms with Gasteiger partial charge in [0.1, 0.15) is 0 Å². The van der Waals surface area contributed by atoms with Crippen molar-refractivity contribution in [2.45, 2.75) is 13.0 Å². The van der Waals surface area contributed by atoms with Crippen LogP contribution in [0.15, 0.2) is 0 Å². The maximum Gasteiger partial charge on any atom is 0.242 e. The summed E-state index contributed by atoms with van der Waals surface area (Å²) >= 11 is 0.